The lowest BCUT2D eigenvalue weighted by Crippen LogP contribution is -2.32. The highest BCUT2D eigenvalue weighted by atomic mass is 19.1. The Labute approximate surface area is 67.7 Å². The molecule has 0 bridgehead atoms. The molecule has 0 aromatic heterocycles. The van der Waals surface area contributed by atoms with E-state index in [0.29, 0.717) is 6.42 Å². The van der Waals surface area contributed by atoms with Gasteiger partial charge in [0.2, 0.25) is 0 Å². The molecular weight excluding hydrogens is 141 g/mol. The van der Waals surface area contributed by atoms with Gasteiger partial charge in [0.15, 0.2) is 0 Å². The Kier molecular flexibility index (Phi) is 3.57. The number of halogens is 1. The monoisotopic (exact) mass is 157 g/mol. The number of rotatable bonds is 3. The van der Waals surface area contributed by atoms with Crippen molar-refractivity contribution < 1.29 is 4.39 Å². The summed E-state index contributed by atoms with van der Waals surface area (Å²) in [7, 11) is 0. The van der Waals surface area contributed by atoms with Gasteiger partial charge in [0.25, 0.3) is 0 Å². The van der Waals surface area contributed by atoms with E-state index in [1.54, 1.807) is 6.08 Å². The van der Waals surface area contributed by atoms with Crippen molar-refractivity contribution in [3.63, 3.8) is 0 Å². The van der Waals surface area contributed by atoms with Crippen molar-refractivity contribution >= 4 is 0 Å². The minimum absolute atomic E-state index is 0.272. The molecule has 1 saturated heterocycles. The van der Waals surface area contributed by atoms with Gasteiger partial charge in [-0.25, -0.2) is 4.39 Å². The minimum atomic E-state index is -0.658. The molecule has 1 atom stereocenters. The molecule has 0 radical (unpaired) electrons. The van der Waals surface area contributed by atoms with Crippen LogP contribution < -0.4 is 5.32 Å². The van der Waals surface area contributed by atoms with Crippen molar-refractivity contribution in [1.29, 1.82) is 0 Å². The summed E-state index contributed by atoms with van der Waals surface area (Å²) in [6.45, 7) is 5.49. The Hall–Kier alpha value is -0.370. The van der Waals surface area contributed by atoms with Crippen molar-refractivity contribution in [3.05, 3.63) is 12.7 Å². The van der Waals surface area contributed by atoms with Gasteiger partial charge in [0.05, 0.1) is 0 Å². The molecule has 1 aliphatic rings. The lowest BCUT2D eigenvalue weighted by Gasteiger charge is -2.24. The van der Waals surface area contributed by atoms with Gasteiger partial charge in [0, 0.05) is 0 Å². The van der Waals surface area contributed by atoms with Crippen molar-refractivity contribution in [2.45, 2.75) is 25.4 Å². The minimum Gasteiger partial charge on any atom is -0.317 e. The standard InChI is InChI=1S/C9H16FN/c1-2-3-9(10)8-4-6-11-7-5-8/h2,8-9,11H,1,3-7H2. The van der Waals surface area contributed by atoms with Gasteiger partial charge in [-0.3, -0.25) is 0 Å². The zero-order valence-corrected chi connectivity index (χ0v) is 6.85. The maximum atomic E-state index is 13.2. The summed E-state index contributed by atoms with van der Waals surface area (Å²) in [6.07, 6.45) is 3.50. The first kappa shape index (κ1) is 8.72. The van der Waals surface area contributed by atoms with Crippen LogP contribution in [-0.2, 0) is 0 Å². The molecule has 1 nitrogen and oxygen atoms in total. The van der Waals surface area contributed by atoms with Gasteiger partial charge < -0.3 is 5.32 Å². The first-order chi connectivity index (χ1) is 5.34. The third-order valence-electron chi connectivity index (χ3n) is 2.29. The van der Waals surface area contributed by atoms with Crippen LogP contribution in [0.1, 0.15) is 19.3 Å². The molecule has 1 unspecified atom stereocenters. The number of hydrogen-bond donors (Lipinski definition) is 1. The third kappa shape index (κ3) is 2.62. The van der Waals surface area contributed by atoms with Crippen LogP contribution in [0.25, 0.3) is 0 Å². The second kappa shape index (κ2) is 4.50. The van der Waals surface area contributed by atoms with E-state index in [-0.39, 0.29) is 5.92 Å². The summed E-state index contributed by atoms with van der Waals surface area (Å²) in [6, 6.07) is 0. The average Bonchev–Trinajstić information content (AvgIpc) is 2.07. The molecule has 0 aromatic rings. The number of allylic oxidation sites excluding steroid dienone is 1. The highest BCUT2D eigenvalue weighted by molar-refractivity contribution is 4.81. The quantitative estimate of drug-likeness (QED) is 0.617. The van der Waals surface area contributed by atoms with Crippen LogP contribution in [-0.4, -0.2) is 19.3 Å². The summed E-state index contributed by atoms with van der Waals surface area (Å²) in [5.74, 6) is 0.272. The Morgan fingerprint density at radius 2 is 2.18 bits per heavy atom. The second-order valence-corrected chi connectivity index (χ2v) is 3.13. The molecule has 0 saturated carbocycles. The van der Waals surface area contributed by atoms with Gasteiger partial charge in [-0.1, -0.05) is 6.08 Å². The van der Waals surface area contributed by atoms with Gasteiger partial charge in [0.1, 0.15) is 6.17 Å². The first-order valence-electron chi connectivity index (χ1n) is 4.30. The predicted octanol–water partition coefficient (Wildman–Crippen LogP) is 1.90. The predicted molar refractivity (Wildman–Crippen MR) is 45.3 cm³/mol. The lowest BCUT2D eigenvalue weighted by atomic mass is 9.91. The number of hydrogen-bond acceptors (Lipinski definition) is 1. The second-order valence-electron chi connectivity index (χ2n) is 3.13. The molecule has 1 fully saturated rings. The molecular formula is C9H16FN. The van der Waals surface area contributed by atoms with Crippen LogP contribution in [0.3, 0.4) is 0 Å². The molecule has 64 valence electrons. The van der Waals surface area contributed by atoms with E-state index in [4.69, 9.17) is 0 Å². The van der Waals surface area contributed by atoms with Crippen LogP contribution in [0, 0.1) is 5.92 Å². The van der Waals surface area contributed by atoms with Crippen LogP contribution in [0.2, 0.25) is 0 Å². The fourth-order valence-electron chi connectivity index (χ4n) is 1.56. The molecule has 11 heavy (non-hydrogen) atoms. The highest BCUT2D eigenvalue weighted by Crippen LogP contribution is 2.21. The third-order valence-corrected chi connectivity index (χ3v) is 2.29. The topological polar surface area (TPSA) is 12.0 Å². The molecule has 2 heteroatoms. The Morgan fingerprint density at radius 3 is 2.73 bits per heavy atom. The van der Waals surface area contributed by atoms with E-state index in [1.807, 2.05) is 0 Å². The van der Waals surface area contributed by atoms with Crippen LogP contribution in [0.4, 0.5) is 4.39 Å². The summed E-state index contributed by atoms with van der Waals surface area (Å²) >= 11 is 0. The molecule has 0 spiro atoms. The van der Waals surface area contributed by atoms with E-state index < -0.39 is 6.17 Å². The zero-order valence-electron chi connectivity index (χ0n) is 6.85. The summed E-state index contributed by atoms with van der Waals surface area (Å²) in [4.78, 5) is 0. The summed E-state index contributed by atoms with van der Waals surface area (Å²) in [5.41, 5.74) is 0. The molecule has 1 heterocycles. The maximum Gasteiger partial charge on any atom is 0.106 e. The van der Waals surface area contributed by atoms with Crippen LogP contribution >= 0.6 is 0 Å². The van der Waals surface area contributed by atoms with E-state index in [2.05, 4.69) is 11.9 Å². The fourth-order valence-corrected chi connectivity index (χ4v) is 1.56. The van der Waals surface area contributed by atoms with Crippen molar-refractivity contribution in [3.8, 4) is 0 Å². The normalized spacial score (nSPS) is 23.0. The molecule has 0 amide bonds. The van der Waals surface area contributed by atoms with Crippen molar-refractivity contribution in [2.75, 3.05) is 13.1 Å². The van der Waals surface area contributed by atoms with Gasteiger partial charge in [-0.2, -0.15) is 0 Å². The smallest absolute Gasteiger partial charge is 0.106 e. The molecule has 1 rings (SSSR count). The highest BCUT2D eigenvalue weighted by Gasteiger charge is 2.21. The van der Waals surface area contributed by atoms with E-state index in [9.17, 15) is 4.39 Å². The molecule has 1 aliphatic heterocycles. The van der Waals surface area contributed by atoms with Gasteiger partial charge >= 0.3 is 0 Å². The summed E-state index contributed by atoms with van der Waals surface area (Å²) < 4.78 is 13.2. The fraction of sp³-hybridized carbons (Fsp3) is 0.778. The summed E-state index contributed by atoms with van der Waals surface area (Å²) in [5, 5.41) is 3.22. The van der Waals surface area contributed by atoms with Crippen LogP contribution in [0.5, 0.6) is 0 Å². The first-order valence-corrected chi connectivity index (χ1v) is 4.30. The van der Waals surface area contributed by atoms with E-state index in [1.165, 1.54) is 0 Å². The van der Waals surface area contributed by atoms with Gasteiger partial charge in [-0.15, -0.1) is 6.58 Å². The van der Waals surface area contributed by atoms with Crippen LogP contribution in [0.15, 0.2) is 12.7 Å². The zero-order chi connectivity index (χ0) is 8.10. The maximum absolute atomic E-state index is 13.2. The number of alkyl halides is 1. The lowest BCUT2D eigenvalue weighted by molar-refractivity contribution is 0.190. The molecule has 0 aliphatic carbocycles. The van der Waals surface area contributed by atoms with Gasteiger partial charge in [-0.05, 0) is 38.3 Å². The van der Waals surface area contributed by atoms with E-state index >= 15 is 0 Å². The Balaban J connectivity index is 2.26. The largest absolute Gasteiger partial charge is 0.317 e. The molecule has 0 aromatic carbocycles. The Morgan fingerprint density at radius 1 is 1.55 bits per heavy atom. The SMILES string of the molecule is C=CCC(F)C1CCNCC1. The number of nitrogens with one attached hydrogen (secondary N) is 1. The number of piperidine rings is 1. The van der Waals surface area contributed by atoms with Crippen molar-refractivity contribution in [1.82, 2.24) is 5.32 Å². The molecule has 1 N–H and O–H groups in total. The average molecular weight is 157 g/mol. The Bertz CT molecular complexity index is 119. The van der Waals surface area contributed by atoms with Crippen molar-refractivity contribution in [2.24, 2.45) is 5.92 Å². The van der Waals surface area contributed by atoms with E-state index in [0.717, 1.165) is 25.9 Å².